The molecule has 0 saturated carbocycles. The molecule has 0 aliphatic carbocycles. The molecule has 3 heteroatoms. The second kappa shape index (κ2) is 6.72. The number of hydrogen-bond donors (Lipinski definition) is 0. The van der Waals surface area contributed by atoms with Gasteiger partial charge in [0.1, 0.15) is 6.67 Å². The van der Waals surface area contributed by atoms with Crippen molar-refractivity contribution in [2.24, 2.45) is 0 Å². The van der Waals surface area contributed by atoms with Crippen LogP contribution in [-0.4, -0.2) is 19.8 Å². The van der Waals surface area contributed by atoms with Gasteiger partial charge in [-0.2, -0.15) is 0 Å². The first-order chi connectivity index (χ1) is 5.88. The Balaban J connectivity index is 0.00000144. The van der Waals surface area contributed by atoms with Crippen molar-refractivity contribution in [3.63, 3.8) is 0 Å². The molecule has 0 spiro atoms. The van der Waals surface area contributed by atoms with Gasteiger partial charge < -0.3 is 4.90 Å². The Bertz CT molecular complexity index is 215. The number of nitrogens with zero attached hydrogens (tertiary/aromatic N) is 1. The fraction of sp³-hybridized carbons (Fsp3) is 0.400. The van der Waals surface area contributed by atoms with Crippen LogP contribution in [0.3, 0.4) is 0 Å². The van der Waals surface area contributed by atoms with Gasteiger partial charge in [0, 0.05) is 18.8 Å². The monoisotopic (exact) mass is 203 g/mol. The molecule has 0 amide bonds. The Labute approximate surface area is 85.0 Å². The molecule has 0 aliphatic heterocycles. The minimum absolute atomic E-state index is 0. The maximum Gasteiger partial charge on any atom is 0.107 e. The van der Waals surface area contributed by atoms with Gasteiger partial charge in [-0.15, -0.1) is 12.4 Å². The van der Waals surface area contributed by atoms with E-state index in [-0.39, 0.29) is 19.1 Å². The maximum atomic E-state index is 12.1. The van der Waals surface area contributed by atoms with E-state index in [0.29, 0.717) is 6.54 Å². The summed E-state index contributed by atoms with van der Waals surface area (Å²) < 4.78 is 12.1. The molecule has 0 saturated heterocycles. The van der Waals surface area contributed by atoms with Crippen LogP contribution in [-0.2, 0) is 0 Å². The zero-order chi connectivity index (χ0) is 8.81. The fourth-order valence-corrected chi connectivity index (χ4v) is 1.21. The fourth-order valence-electron chi connectivity index (χ4n) is 1.21. The van der Waals surface area contributed by atoms with Crippen molar-refractivity contribution >= 4 is 18.1 Å². The molecule has 1 nitrogen and oxygen atoms in total. The van der Waals surface area contributed by atoms with Gasteiger partial charge in [-0.05, 0) is 19.1 Å². The van der Waals surface area contributed by atoms with E-state index < -0.39 is 0 Å². The van der Waals surface area contributed by atoms with Crippen LogP contribution in [0.25, 0.3) is 0 Å². The molecule has 0 radical (unpaired) electrons. The van der Waals surface area contributed by atoms with Crippen LogP contribution in [0.2, 0.25) is 0 Å². The van der Waals surface area contributed by atoms with Crippen molar-refractivity contribution in [2.75, 3.05) is 24.7 Å². The smallest absolute Gasteiger partial charge is 0.107 e. The first kappa shape index (κ1) is 12.2. The summed E-state index contributed by atoms with van der Waals surface area (Å²) in [6.45, 7) is 3.08. The van der Waals surface area contributed by atoms with Crippen molar-refractivity contribution < 1.29 is 4.39 Å². The van der Waals surface area contributed by atoms with E-state index in [2.05, 4.69) is 0 Å². The molecule has 13 heavy (non-hydrogen) atoms. The number of anilines is 1. The van der Waals surface area contributed by atoms with Crippen LogP contribution in [0, 0.1) is 0 Å². The van der Waals surface area contributed by atoms with Crippen molar-refractivity contribution in [3.05, 3.63) is 30.3 Å². The van der Waals surface area contributed by atoms with Gasteiger partial charge >= 0.3 is 0 Å². The molecule has 0 heterocycles. The van der Waals surface area contributed by atoms with E-state index in [1.165, 1.54) is 0 Å². The van der Waals surface area contributed by atoms with Crippen molar-refractivity contribution in [1.82, 2.24) is 0 Å². The van der Waals surface area contributed by atoms with Crippen molar-refractivity contribution in [3.8, 4) is 0 Å². The SMILES string of the molecule is CCN(CCF)c1ccccc1.Cl. The minimum Gasteiger partial charge on any atom is -0.369 e. The molecule has 1 aromatic carbocycles. The number of halogens is 2. The highest BCUT2D eigenvalue weighted by Crippen LogP contribution is 2.11. The van der Waals surface area contributed by atoms with Crippen LogP contribution >= 0.6 is 12.4 Å². The highest BCUT2D eigenvalue weighted by atomic mass is 35.5. The Morgan fingerprint density at radius 3 is 2.31 bits per heavy atom. The predicted octanol–water partition coefficient (Wildman–Crippen LogP) is 2.90. The predicted molar refractivity (Wildman–Crippen MR) is 57.6 cm³/mol. The summed E-state index contributed by atoms with van der Waals surface area (Å²) in [4.78, 5) is 2.01. The molecule has 0 N–H and O–H groups in total. The Morgan fingerprint density at radius 2 is 1.85 bits per heavy atom. The molecular formula is C10H15ClFN. The third kappa shape index (κ3) is 3.64. The van der Waals surface area contributed by atoms with Crippen LogP contribution < -0.4 is 4.90 Å². The summed E-state index contributed by atoms with van der Waals surface area (Å²) in [5, 5.41) is 0. The summed E-state index contributed by atoms with van der Waals surface area (Å²) >= 11 is 0. The maximum absolute atomic E-state index is 12.1. The Morgan fingerprint density at radius 1 is 1.23 bits per heavy atom. The normalized spacial score (nSPS) is 9.08. The lowest BCUT2D eigenvalue weighted by Crippen LogP contribution is -2.24. The van der Waals surface area contributed by atoms with Gasteiger partial charge in [0.2, 0.25) is 0 Å². The molecule has 0 atom stereocenters. The van der Waals surface area contributed by atoms with E-state index in [0.717, 1.165) is 12.2 Å². The minimum atomic E-state index is -0.289. The van der Waals surface area contributed by atoms with Gasteiger partial charge in [0.05, 0.1) is 0 Å². The lowest BCUT2D eigenvalue weighted by molar-refractivity contribution is 0.492. The summed E-state index contributed by atoms with van der Waals surface area (Å²) in [7, 11) is 0. The summed E-state index contributed by atoms with van der Waals surface area (Å²) in [6, 6.07) is 9.90. The van der Waals surface area contributed by atoms with Crippen LogP contribution in [0.4, 0.5) is 10.1 Å². The van der Waals surface area contributed by atoms with E-state index >= 15 is 0 Å². The molecule has 0 fully saturated rings. The summed E-state index contributed by atoms with van der Waals surface area (Å²) in [6.07, 6.45) is 0. The zero-order valence-corrected chi connectivity index (χ0v) is 8.56. The molecule has 0 unspecified atom stereocenters. The number of rotatable bonds is 4. The molecule has 1 aromatic rings. The van der Waals surface area contributed by atoms with Gasteiger partial charge in [0.25, 0.3) is 0 Å². The first-order valence-corrected chi connectivity index (χ1v) is 4.24. The van der Waals surface area contributed by atoms with Gasteiger partial charge in [0.15, 0.2) is 0 Å². The van der Waals surface area contributed by atoms with Crippen molar-refractivity contribution in [1.29, 1.82) is 0 Å². The molecule has 1 rings (SSSR count). The topological polar surface area (TPSA) is 3.24 Å². The highest BCUT2D eigenvalue weighted by Gasteiger charge is 2.00. The van der Waals surface area contributed by atoms with E-state index in [1.807, 2.05) is 42.2 Å². The Kier molecular flexibility index (Phi) is 6.33. The molecule has 0 bridgehead atoms. The van der Waals surface area contributed by atoms with Crippen LogP contribution in [0.1, 0.15) is 6.92 Å². The van der Waals surface area contributed by atoms with Crippen LogP contribution in [0.15, 0.2) is 30.3 Å². The largest absolute Gasteiger partial charge is 0.369 e. The average molecular weight is 204 g/mol. The lowest BCUT2D eigenvalue weighted by Gasteiger charge is -2.21. The average Bonchev–Trinajstić information content (AvgIpc) is 2.15. The van der Waals surface area contributed by atoms with E-state index in [4.69, 9.17) is 0 Å². The quantitative estimate of drug-likeness (QED) is 0.728. The Hall–Kier alpha value is -0.760. The molecule has 74 valence electrons. The van der Waals surface area contributed by atoms with E-state index in [1.54, 1.807) is 0 Å². The molecule has 0 aliphatic rings. The van der Waals surface area contributed by atoms with Gasteiger partial charge in [-0.1, -0.05) is 18.2 Å². The zero-order valence-electron chi connectivity index (χ0n) is 7.74. The van der Waals surface area contributed by atoms with Gasteiger partial charge in [-0.3, -0.25) is 0 Å². The number of benzene rings is 1. The molecular weight excluding hydrogens is 189 g/mol. The number of alkyl halides is 1. The second-order valence-electron chi connectivity index (χ2n) is 2.60. The highest BCUT2D eigenvalue weighted by molar-refractivity contribution is 5.85. The first-order valence-electron chi connectivity index (χ1n) is 4.24. The number of hydrogen-bond acceptors (Lipinski definition) is 1. The summed E-state index contributed by atoms with van der Waals surface area (Å²) in [5.41, 5.74) is 1.10. The third-order valence-corrected chi connectivity index (χ3v) is 1.86. The van der Waals surface area contributed by atoms with Crippen molar-refractivity contribution in [2.45, 2.75) is 6.92 Å². The van der Waals surface area contributed by atoms with E-state index in [9.17, 15) is 4.39 Å². The molecule has 0 aromatic heterocycles. The van der Waals surface area contributed by atoms with Crippen LogP contribution in [0.5, 0.6) is 0 Å². The second-order valence-corrected chi connectivity index (χ2v) is 2.60. The van der Waals surface area contributed by atoms with Gasteiger partial charge in [-0.25, -0.2) is 4.39 Å². The lowest BCUT2D eigenvalue weighted by atomic mass is 10.3. The summed E-state index contributed by atoms with van der Waals surface area (Å²) in [5.74, 6) is 0. The standard InChI is InChI=1S/C10H14FN.ClH/c1-2-12(9-8-11)10-6-4-3-5-7-10;/h3-7H,2,8-9H2,1H3;1H. The third-order valence-electron chi connectivity index (χ3n) is 1.86. The number of para-hydroxylation sites is 1.